The molecule has 0 unspecified atom stereocenters. The van der Waals surface area contributed by atoms with E-state index < -0.39 is 0 Å². The second-order valence-electron chi connectivity index (χ2n) is 6.65. The highest BCUT2D eigenvalue weighted by atomic mass is 16.5. The first-order chi connectivity index (χ1) is 13.6. The van der Waals surface area contributed by atoms with Gasteiger partial charge in [-0.1, -0.05) is 30.3 Å². The Morgan fingerprint density at radius 2 is 1.68 bits per heavy atom. The van der Waals surface area contributed by atoms with Crippen molar-refractivity contribution in [3.63, 3.8) is 0 Å². The molecule has 3 aromatic carbocycles. The number of aryl methyl sites for hydroxylation is 1. The second kappa shape index (κ2) is 7.24. The molecule has 4 rings (SSSR count). The number of rotatable bonds is 4. The number of cyclic esters (lactones) is 1. The molecule has 4 nitrogen and oxygen atoms in total. The van der Waals surface area contributed by atoms with Crippen LogP contribution in [0.5, 0.6) is 11.5 Å². The van der Waals surface area contributed by atoms with Gasteiger partial charge in [0.05, 0.1) is 19.8 Å². The molecule has 140 valence electrons. The first-order valence-electron chi connectivity index (χ1n) is 8.96. The minimum Gasteiger partial charge on any atom is -0.497 e. The SMILES string of the molecule is COc1ccc2cc(C3=C/C(=C/c4ccc(C)c(OC)c4)C(=O)O3)ccc2c1. The molecular formula is C24H20O4. The van der Waals surface area contributed by atoms with Gasteiger partial charge in [-0.15, -0.1) is 0 Å². The number of hydrogen-bond donors (Lipinski definition) is 0. The van der Waals surface area contributed by atoms with Gasteiger partial charge in [-0.3, -0.25) is 0 Å². The molecule has 0 aliphatic carbocycles. The molecular weight excluding hydrogens is 352 g/mol. The lowest BCUT2D eigenvalue weighted by molar-refractivity contribution is -0.130. The van der Waals surface area contributed by atoms with Crippen LogP contribution < -0.4 is 9.47 Å². The van der Waals surface area contributed by atoms with Gasteiger partial charge in [-0.25, -0.2) is 4.79 Å². The summed E-state index contributed by atoms with van der Waals surface area (Å²) in [5, 5.41) is 2.12. The summed E-state index contributed by atoms with van der Waals surface area (Å²) in [6.07, 6.45) is 3.59. The van der Waals surface area contributed by atoms with Crippen molar-refractivity contribution in [1.29, 1.82) is 0 Å². The number of carbonyl (C=O) groups is 1. The van der Waals surface area contributed by atoms with E-state index in [0.29, 0.717) is 11.3 Å². The predicted molar refractivity (Wildman–Crippen MR) is 110 cm³/mol. The second-order valence-corrected chi connectivity index (χ2v) is 6.65. The van der Waals surface area contributed by atoms with E-state index in [1.165, 1.54) is 0 Å². The summed E-state index contributed by atoms with van der Waals surface area (Å²) in [4.78, 5) is 12.3. The summed E-state index contributed by atoms with van der Waals surface area (Å²) >= 11 is 0. The lowest BCUT2D eigenvalue weighted by atomic mass is 10.0. The Morgan fingerprint density at radius 3 is 2.46 bits per heavy atom. The van der Waals surface area contributed by atoms with Crippen molar-refractivity contribution in [2.24, 2.45) is 0 Å². The number of ether oxygens (including phenoxy) is 3. The van der Waals surface area contributed by atoms with E-state index in [9.17, 15) is 4.79 Å². The van der Waals surface area contributed by atoms with Crippen LogP contribution in [-0.2, 0) is 9.53 Å². The van der Waals surface area contributed by atoms with Crippen molar-refractivity contribution in [1.82, 2.24) is 0 Å². The monoisotopic (exact) mass is 372 g/mol. The molecule has 0 bridgehead atoms. The third-order valence-corrected chi connectivity index (χ3v) is 4.81. The highest BCUT2D eigenvalue weighted by Gasteiger charge is 2.22. The van der Waals surface area contributed by atoms with Gasteiger partial charge in [0, 0.05) is 5.56 Å². The van der Waals surface area contributed by atoms with Crippen LogP contribution in [-0.4, -0.2) is 20.2 Å². The van der Waals surface area contributed by atoms with Gasteiger partial charge < -0.3 is 14.2 Å². The third-order valence-electron chi connectivity index (χ3n) is 4.81. The van der Waals surface area contributed by atoms with Crippen LogP contribution in [0.15, 0.2) is 66.2 Å². The topological polar surface area (TPSA) is 44.8 Å². The summed E-state index contributed by atoms with van der Waals surface area (Å²) in [5.74, 6) is 1.79. The van der Waals surface area contributed by atoms with Crippen LogP contribution in [0.1, 0.15) is 16.7 Å². The highest BCUT2D eigenvalue weighted by molar-refractivity contribution is 6.05. The molecule has 1 aliphatic heterocycles. The summed E-state index contributed by atoms with van der Waals surface area (Å²) in [6, 6.07) is 17.6. The number of carbonyl (C=O) groups excluding carboxylic acids is 1. The maximum atomic E-state index is 12.3. The first-order valence-corrected chi connectivity index (χ1v) is 8.96. The number of hydrogen-bond acceptors (Lipinski definition) is 4. The summed E-state index contributed by atoms with van der Waals surface area (Å²) in [6.45, 7) is 1.98. The van der Waals surface area contributed by atoms with Crippen LogP contribution in [0.25, 0.3) is 22.6 Å². The fraction of sp³-hybridized carbons (Fsp3) is 0.125. The fourth-order valence-corrected chi connectivity index (χ4v) is 3.24. The van der Waals surface area contributed by atoms with E-state index >= 15 is 0 Å². The maximum absolute atomic E-state index is 12.3. The van der Waals surface area contributed by atoms with Gasteiger partial charge in [0.25, 0.3) is 0 Å². The molecule has 28 heavy (non-hydrogen) atoms. The Balaban J connectivity index is 1.68. The van der Waals surface area contributed by atoms with E-state index in [2.05, 4.69) is 0 Å². The van der Waals surface area contributed by atoms with Crippen LogP contribution in [0.2, 0.25) is 0 Å². The summed E-state index contributed by atoms with van der Waals surface area (Å²) in [5.41, 5.74) is 3.30. The normalized spacial score (nSPS) is 14.9. The van der Waals surface area contributed by atoms with Crippen molar-refractivity contribution in [3.8, 4) is 11.5 Å². The molecule has 0 radical (unpaired) electrons. The predicted octanol–water partition coefficient (Wildman–Crippen LogP) is 5.15. The third kappa shape index (κ3) is 3.37. The summed E-state index contributed by atoms with van der Waals surface area (Å²) < 4.78 is 16.1. The smallest absolute Gasteiger partial charge is 0.343 e. The Bertz CT molecular complexity index is 1140. The molecule has 0 saturated heterocycles. The van der Waals surface area contributed by atoms with E-state index in [4.69, 9.17) is 14.2 Å². The summed E-state index contributed by atoms with van der Waals surface area (Å²) in [7, 11) is 3.28. The van der Waals surface area contributed by atoms with E-state index in [1.54, 1.807) is 20.3 Å². The Kier molecular flexibility index (Phi) is 4.62. The zero-order valence-electron chi connectivity index (χ0n) is 16.0. The number of methoxy groups -OCH3 is 2. The van der Waals surface area contributed by atoms with E-state index in [-0.39, 0.29) is 5.97 Å². The largest absolute Gasteiger partial charge is 0.497 e. The van der Waals surface area contributed by atoms with Crippen molar-refractivity contribution >= 4 is 28.6 Å². The lowest BCUT2D eigenvalue weighted by Crippen LogP contribution is -1.97. The van der Waals surface area contributed by atoms with Gasteiger partial charge in [0.1, 0.15) is 17.3 Å². The van der Waals surface area contributed by atoms with Gasteiger partial charge in [-0.2, -0.15) is 0 Å². The van der Waals surface area contributed by atoms with Crippen LogP contribution in [0, 0.1) is 6.92 Å². The molecule has 0 saturated carbocycles. The van der Waals surface area contributed by atoms with E-state index in [1.807, 2.05) is 67.6 Å². The Labute approximate surface area is 163 Å². The molecule has 3 aromatic rings. The fourth-order valence-electron chi connectivity index (χ4n) is 3.24. The quantitative estimate of drug-likeness (QED) is 0.469. The molecule has 1 heterocycles. The zero-order chi connectivity index (χ0) is 19.7. The highest BCUT2D eigenvalue weighted by Crippen LogP contribution is 2.31. The van der Waals surface area contributed by atoms with Gasteiger partial charge in [-0.05, 0) is 65.2 Å². The molecule has 4 heteroatoms. The number of fused-ring (bicyclic) bond motifs is 1. The van der Waals surface area contributed by atoms with E-state index in [0.717, 1.165) is 39.0 Å². The molecule has 0 fully saturated rings. The lowest BCUT2D eigenvalue weighted by Gasteiger charge is -2.06. The minimum absolute atomic E-state index is 0.357. The van der Waals surface area contributed by atoms with Gasteiger partial charge >= 0.3 is 5.97 Å². The van der Waals surface area contributed by atoms with Gasteiger partial charge in [0.15, 0.2) is 0 Å². The Morgan fingerprint density at radius 1 is 0.893 bits per heavy atom. The standard InChI is InChI=1S/C24H20O4/c1-15-4-5-16(11-22(15)27-3)10-20-14-23(28-24(20)25)19-7-6-18-13-21(26-2)9-8-17(18)12-19/h4-14H,1-3H3/b20-10-. The minimum atomic E-state index is -0.357. The average Bonchev–Trinajstić information content (AvgIpc) is 3.08. The van der Waals surface area contributed by atoms with Gasteiger partial charge in [0.2, 0.25) is 0 Å². The maximum Gasteiger partial charge on any atom is 0.343 e. The van der Waals surface area contributed by atoms with Crippen molar-refractivity contribution in [2.45, 2.75) is 6.92 Å². The Hall–Kier alpha value is -3.53. The van der Waals surface area contributed by atoms with Crippen LogP contribution >= 0.6 is 0 Å². The van der Waals surface area contributed by atoms with Crippen LogP contribution in [0.3, 0.4) is 0 Å². The molecule has 0 N–H and O–H groups in total. The van der Waals surface area contributed by atoms with Crippen molar-refractivity contribution < 1.29 is 19.0 Å². The average molecular weight is 372 g/mol. The number of esters is 1. The number of benzene rings is 3. The van der Waals surface area contributed by atoms with Crippen LogP contribution in [0.4, 0.5) is 0 Å². The molecule has 0 spiro atoms. The van der Waals surface area contributed by atoms with Crippen molar-refractivity contribution in [3.05, 3.63) is 82.9 Å². The molecule has 0 atom stereocenters. The molecule has 0 amide bonds. The molecule has 0 aromatic heterocycles. The zero-order valence-corrected chi connectivity index (χ0v) is 16.0. The first kappa shape index (κ1) is 17.9. The van der Waals surface area contributed by atoms with Crippen molar-refractivity contribution in [2.75, 3.05) is 14.2 Å². The molecule has 1 aliphatic rings.